The van der Waals surface area contributed by atoms with E-state index < -0.39 is 18.2 Å². The van der Waals surface area contributed by atoms with Crippen LogP contribution in [0.5, 0.6) is 0 Å². The van der Waals surface area contributed by atoms with Gasteiger partial charge in [0.2, 0.25) is 5.91 Å². The molecule has 2 aromatic carbocycles. The van der Waals surface area contributed by atoms with E-state index in [1.807, 2.05) is 72.8 Å². The molecule has 0 saturated carbocycles. The first-order valence-corrected chi connectivity index (χ1v) is 11.8. The fraction of sp³-hybridized carbons (Fsp3) is 0.296. The second-order valence-electron chi connectivity index (χ2n) is 8.78. The normalized spacial score (nSPS) is 17.3. The molecule has 2 amide bonds. The highest BCUT2D eigenvalue weighted by Gasteiger charge is 2.36. The van der Waals surface area contributed by atoms with Crippen LogP contribution >= 0.6 is 0 Å². The van der Waals surface area contributed by atoms with Gasteiger partial charge in [-0.3, -0.25) is 20.0 Å². The third-order valence-electron chi connectivity index (χ3n) is 6.23. The fourth-order valence-electron chi connectivity index (χ4n) is 4.22. The highest BCUT2D eigenvalue weighted by molar-refractivity contribution is 5.90. The molecule has 0 spiro atoms. The monoisotopic (exact) mass is 473 g/mol. The van der Waals surface area contributed by atoms with Crippen molar-refractivity contribution in [3.8, 4) is 11.3 Å². The summed E-state index contributed by atoms with van der Waals surface area (Å²) in [6, 6.07) is 22.2. The molecule has 1 aliphatic rings. The topological polar surface area (TPSA) is 121 Å². The number of benzene rings is 2. The maximum absolute atomic E-state index is 12.8. The van der Waals surface area contributed by atoms with E-state index in [2.05, 4.69) is 15.8 Å². The van der Waals surface area contributed by atoms with Crippen LogP contribution in [0.2, 0.25) is 0 Å². The van der Waals surface area contributed by atoms with Crippen LogP contribution in [0.3, 0.4) is 0 Å². The lowest BCUT2D eigenvalue weighted by Crippen LogP contribution is -2.52. The Hall–Kier alpha value is -3.59. The summed E-state index contributed by atoms with van der Waals surface area (Å²) >= 11 is 0. The van der Waals surface area contributed by atoms with Crippen LogP contribution in [0.25, 0.3) is 11.3 Å². The number of aliphatic hydroxyl groups is 1. The molecule has 0 radical (unpaired) electrons. The van der Waals surface area contributed by atoms with Crippen molar-refractivity contribution >= 4 is 11.8 Å². The molecule has 3 atom stereocenters. The smallest absolute Gasteiger partial charge is 0.256 e. The van der Waals surface area contributed by atoms with E-state index in [-0.39, 0.29) is 18.4 Å². The molecule has 8 heteroatoms. The van der Waals surface area contributed by atoms with Crippen LogP contribution in [-0.2, 0) is 22.6 Å². The van der Waals surface area contributed by atoms with E-state index >= 15 is 0 Å². The lowest BCUT2D eigenvalue weighted by Gasteiger charge is -2.25. The SMILES string of the molecule is N[C@@H](Cc1ccccc1)[C@@H](O)CNNC(=O)[C@@H]1CCC(=O)N1Cc1ccc(-c2ccccn2)cc1. The van der Waals surface area contributed by atoms with E-state index in [0.29, 0.717) is 25.8 Å². The Labute approximate surface area is 205 Å². The van der Waals surface area contributed by atoms with Crippen LogP contribution in [-0.4, -0.2) is 51.5 Å². The Kier molecular flexibility index (Phi) is 8.20. The third kappa shape index (κ3) is 6.51. The van der Waals surface area contributed by atoms with Crippen molar-refractivity contribution in [1.82, 2.24) is 20.7 Å². The molecule has 4 rings (SSSR count). The minimum atomic E-state index is -0.838. The second kappa shape index (κ2) is 11.7. The number of hydrogen-bond donors (Lipinski definition) is 4. The van der Waals surface area contributed by atoms with Gasteiger partial charge < -0.3 is 15.7 Å². The summed E-state index contributed by atoms with van der Waals surface area (Å²) in [6.45, 7) is 0.458. The first-order chi connectivity index (χ1) is 17.0. The first-order valence-electron chi connectivity index (χ1n) is 11.8. The number of likely N-dealkylation sites (tertiary alicyclic amines) is 1. The Balaban J connectivity index is 1.27. The van der Waals surface area contributed by atoms with Crippen molar-refractivity contribution in [1.29, 1.82) is 0 Å². The minimum absolute atomic E-state index is 0.0520. The number of rotatable bonds is 10. The standard InChI is InChI=1S/C27H31N5O3/c28-22(16-19-6-2-1-3-7-19)25(33)17-30-31-27(35)24-13-14-26(34)32(24)18-20-9-11-21(12-10-20)23-8-4-5-15-29-23/h1-12,15,22,24-25,30,33H,13-14,16-18,28H2,(H,31,35)/t22-,24-,25-/m0/s1. The molecular weight excluding hydrogens is 442 g/mol. The Bertz CT molecular complexity index is 1110. The van der Waals surface area contributed by atoms with Gasteiger partial charge in [-0.1, -0.05) is 60.7 Å². The predicted octanol–water partition coefficient (Wildman–Crippen LogP) is 1.79. The maximum atomic E-state index is 12.8. The highest BCUT2D eigenvalue weighted by Crippen LogP contribution is 2.23. The van der Waals surface area contributed by atoms with Gasteiger partial charge in [0.25, 0.3) is 5.91 Å². The molecule has 0 bridgehead atoms. The van der Waals surface area contributed by atoms with E-state index in [0.717, 1.165) is 22.4 Å². The summed E-state index contributed by atoms with van der Waals surface area (Å²) in [6.07, 6.45) is 2.22. The van der Waals surface area contributed by atoms with Gasteiger partial charge in [0, 0.05) is 37.3 Å². The molecule has 35 heavy (non-hydrogen) atoms. The number of aliphatic hydroxyl groups excluding tert-OH is 1. The molecule has 182 valence electrons. The zero-order valence-corrected chi connectivity index (χ0v) is 19.5. The average molecular weight is 474 g/mol. The number of nitrogens with one attached hydrogen (secondary N) is 2. The molecule has 1 aromatic heterocycles. The van der Waals surface area contributed by atoms with Crippen molar-refractivity contribution in [2.75, 3.05) is 6.54 Å². The molecule has 3 aromatic rings. The fourth-order valence-corrected chi connectivity index (χ4v) is 4.22. The molecule has 1 fully saturated rings. The van der Waals surface area contributed by atoms with Gasteiger partial charge in [0.05, 0.1) is 11.8 Å². The molecule has 8 nitrogen and oxygen atoms in total. The Morgan fingerprint density at radius 3 is 2.51 bits per heavy atom. The Morgan fingerprint density at radius 2 is 1.80 bits per heavy atom. The quantitative estimate of drug-likeness (QED) is 0.333. The highest BCUT2D eigenvalue weighted by atomic mass is 16.3. The van der Waals surface area contributed by atoms with E-state index in [1.54, 1.807) is 11.1 Å². The summed E-state index contributed by atoms with van der Waals surface area (Å²) in [5.41, 5.74) is 15.4. The second-order valence-corrected chi connectivity index (χ2v) is 8.78. The molecule has 0 aliphatic carbocycles. The minimum Gasteiger partial charge on any atom is -0.390 e. The summed E-state index contributed by atoms with van der Waals surface area (Å²) in [5.74, 6) is -0.353. The van der Waals surface area contributed by atoms with E-state index in [4.69, 9.17) is 5.73 Å². The number of carbonyl (C=O) groups excluding carboxylic acids is 2. The number of aromatic nitrogens is 1. The summed E-state index contributed by atoms with van der Waals surface area (Å²) < 4.78 is 0. The van der Waals surface area contributed by atoms with E-state index in [9.17, 15) is 14.7 Å². The number of pyridine rings is 1. The zero-order valence-electron chi connectivity index (χ0n) is 19.5. The average Bonchev–Trinajstić information content (AvgIpc) is 3.25. The number of hydrazine groups is 1. The summed E-state index contributed by atoms with van der Waals surface area (Å²) in [7, 11) is 0. The number of amides is 2. The van der Waals surface area contributed by atoms with Crippen molar-refractivity contribution in [3.63, 3.8) is 0 Å². The largest absolute Gasteiger partial charge is 0.390 e. The molecular formula is C27H31N5O3. The lowest BCUT2D eigenvalue weighted by atomic mass is 10.0. The van der Waals surface area contributed by atoms with Gasteiger partial charge in [-0.15, -0.1) is 0 Å². The van der Waals surface area contributed by atoms with Crippen molar-refractivity contribution in [3.05, 3.63) is 90.1 Å². The van der Waals surface area contributed by atoms with Crippen molar-refractivity contribution < 1.29 is 14.7 Å². The zero-order chi connectivity index (χ0) is 24.6. The van der Waals surface area contributed by atoms with Gasteiger partial charge in [0.15, 0.2) is 0 Å². The van der Waals surface area contributed by atoms with Crippen LogP contribution in [0.4, 0.5) is 0 Å². The third-order valence-corrected chi connectivity index (χ3v) is 6.23. The number of carbonyl (C=O) groups is 2. The number of nitrogens with zero attached hydrogens (tertiary/aromatic N) is 2. The van der Waals surface area contributed by atoms with Gasteiger partial charge in [0.1, 0.15) is 6.04 Å². The van der Waals surface area contributed by atoms with Gasteiger partial charge in [-0.05, 0) is 36.1 Å². The van der Waals surface area contributed by atoms with Crippen LogP contribution < -0.4 is 16.6 Å². The maximum Gasteiger partial charge on any atom is 0.256 e. The Morgan fingerprint density at radius 1 is 1.06 bits per heavy atom. The number of nitrogens with two attached hydrogens (primary N) is 1. The lowest BCUT2D eigenvalue weighted by molar-refractivity contribution is -0.136. The summed E-state index contributed by atoms with van der Waals surface area (Å²) in [4.78, 5) is 31.2. The predicted molar refractivity (Wildman–Crippen MR) is 134 cm³/mol. The molecule has 5 N–H and O–H groups in total. The van der Waals surface area contributed by atoms with Crippen LogP contribution in [0.1, 0.15) is 24.0 Å². The number of hydrogen-bond acceptors (Lipinski definition) is 6. The van der Waals surface area contributed by atoms with Crippen LogP contribution in [0.15, 0.2) is 79.0 Å². The molecule has 0 unspecified atom stereocenters. The van der Waals surface area contributed by atoms with Crippen molar-refractivity contribution in [2.24, 2.45) is 5.73 Å². The van der Waals surface area contributed by atoms with Crippen LogP contribution in [0, 0.1) is 0 Å². The molecule has 1 saturated heterocycles. The molecule has 2 heterocycles. The molecule has 1 aliphatic heterocycles. The van der Waals surface area contributed by atoms with E-state index in [1.165, 1.54) is 0 Å². The van der Waals surface area contributed by atoms with Crippen molar-refractivity contribution in [2.45, 2.75) is 44.0 Å². The summed E-state index contributed by atoms with van der Waals surface area (Å²) in [5, 5.41) is 10.3. The van der Waals surface area contributed by atoms with Gasteiger partial charge in [-0.2, -0.15) is 0 Å². The van der Waals surface area contributed by atoms with Gasteiger partial charge >= 0.3 is 0 Å². The van der Waals surface area contributed by atoms with Gasteiger partial charge in [-0.25, -0.2) is 5.43 Å². The first kappa shape index (κ1) is 24.5.